The van der Waals surface area contributed by atoms with Crippen LogP contribution in [0.3, 0.4) is 0 Å². The normalized spacial score (nSPS) is 11.2. The minimum atomic E-state index is -0.943. The Morgan fingerprint density at radius 2 is 1.75 bits per heavy atom. The maximum absolute atomic E-state index is 13.8. The van der Waals surface area contributed by atoms with Gasteiger partial charge in [-0.2, -0.15) is 0 Å². The summed E-state index contributed by atoms with van der Waals surface area (Å²) in [6.07, 6.45) is 1.36. The molecular weight excluding hydrogens is 389 g/mol. The second kappa shape index (κ2) is 6.83. The van der Waals surface area contributed by atoms with Gasteiger partial charge in [0, 0.05) is 11.8 Å². The molecule has 0 fully saturated rings. The summed E-state index contributed by atoms with van der Waals surface area (Å²) in [6, 6.07) is 7.68. The minimum Gasteiger partial charge on any atom is -0.338 e. The Labute approximate surface area is 163 Å². The van der Waals surface area contributed by atoms with Crippen molar-refractivity contribution >= 4 is 34.1 Å². The Bertz CT molecular complexity index is 1220. The number of halogens is 4. The molecule has 28 heavy (non-hydrogen) atoms. The lowest BCUT2D eigenvalue weighted by Crippen LogP contribution is -2.01. The van der Waals surface area contributed by atoms with Crippen molar-refractivity contribution in [2.75, 3.05) is 5.32 Å². The lowest BCUT2D eigenvalue weighted by Gasteiger charge is -2.10. The van der Waals surface area contributed by atoms with Crippen molar-refractivity contribution < 1.29 is 13.2 Å². The Balaban J connectivity index is 1.90. The van der Waals surface area contributed by atoms with Gasteiger partial charge in [-0.3, -0.25) is 4.57 Å². The van der Waals surface area contributed by atoms with Crippen LogP contribution >= 0.6 is 11.6 Å². The number of fused-ring (bicyclic) bond motifs is 1. The largest absolute Gasteiger partial charge is 0.338 e. The summed E-state index contributed by atoms with van der Waals surface area (Å²) < 4.78 is 42.2. The van der Waals surface area contributed by atoms with E-state index in [0.29, 0.717) is 28.2 Å². The van der Waals surface area contributed by atoms with Gasteiger partial charge >= 0.3 is 0 Å². The summed E-state index contributed by atoms with van der Waals surface area (Å²) in [7, 11) is 0. The van der Waals surface area contributed by atoms with Crippen LogP contribution in [-0.4, -0.2) is 14.5 Å². The van der Waals surface area contributed by atoms with Crippen LogP contribution in [0.5, 0.6) is 0 Å². The number of hydrogen-bond acceptors (Lipinski definition) is 3. The van der Waals surface area contributed by atoms with E-state index < -0.39 is 17.5 Å². The van der Waals surface area contributed by atoms with Gasteiger partial charge < -0.3 is 5.32 Å². The molecule has 2 aromatic heterocycles. The molecule has 8 heteroatoms. The van der Waals surface area contributed by atoms with E-state index in [4.69, 9.17) is 11.6 Å². The maximum atomic E-state index is 13.8. The van der Waals surface area contributed by atoms with Crippen LogP contribution in [0.2, 0.25) is 5.02 Å². The first-order chi connectivity index (χ1) is 13.4. The molecule has 0 saturated heterocycles. The smallest absolute Gasteiger partial charge is 0.160 e. The zero-order chi connectivity index (χ0) is 20.0. The molecule has 0 spiro atoms. The lowest BCUT2D eigenvalue weighted by molar-refractivity contribution is 0.508. The van der Waals surface area contributed by atoms with Crippen molar-refractivity contribution in [3.05, 3.63) is 76.5 Å². The van der Waals surface area contributed by atoms with Gasteiger partial charge in [-0.25, -0.2) is 23.1 Å². The van der Waals surface area contributed by atoms with Crippen molar-refractivity contribution in [1.82, 2.24) is 14.5 Å². The molecule has 4 nitrogen and oxygen atoms in total. The summed E-state index contributed by atoms with van der Waals surface area (Å²) in [6.45, 7) is 3.74. The van der Waals surface area contributed by atoms with Gasteiger partial charge in [0.15, 0.2) is 17.3 Å². The van der Waals surface area contributed by atoms with Crippen molar-refractivity contribution in [2.45, 2.75) is 13.8 Å². The molecule has 2 aromatic carbocycles. The van der Waals surface area contributed by atoms with Gasteiger partial charge in [0.25, 0.3) is 0 Å². The molecule has 2 heterocycles. The summed E-state index contributed by atoms with van der Waals surface area (Å²) in [5, 5.41) is 4.01. The SMILES string of the molecule is Cc1c(C)n(-c2ccc(F)c(F)c2)c2ncnc(Nc3ccc(F)cc3Cl)c12. The number of aryl methyl sites for hydroxylation is 1. The van der Waals surface area contributed by atoms with Gasteiger partial charge in [-0.15, -0.1) is 0 Å². The number of nitrogens with zero attached hydrogens (tertiary/aromatic N) is 3. The number of hydrogen-bond donors (Lipinski definition) is 1. The number of anilines is 2. The molecule has 0 aliphatic rings. The average molecular weight is 403 g/mol. The molecule has 0 amide bonds. The first kappa shape index (κ1) is 18.3. The van der Waals surface area contributed by atoms with Gasteiger partial charge in [0.1, 0.15) is 18.0 Å². The molecule has 0 aliphatic carbocycles. The molecule has 1 N–H and O–H groups in total. The minimum absolute atomic E-state index is 0.209. The highest BCUT2D eigenvalue weighted by Gasteiger charge is 2.19. The summed E-state index contributed by atoms with van der Waals surface area (Å²) in [4.78, 5) is 8.62. The monoisotopic (exact) mass is 402 g/mol. The molecule has 0 saturated carbocycles. The fraction of sp³-hybridized carbons (Fsp3) is 0.100. The number of rotatable bonds is 3. The van der Waals surface area contributed by atoms with E-state index in [1.54, 1.807) is 4.57 Å². The van der Waals surface area contributed by atoms with E-state index in [1.165, 1.54) is 30.6 Å². The Kier molecular flexibility index (Phi) is 4.47. The Morgan fingerprint density at radius 1 is 0.964 bits per heavy atom. The quantitative estimate of drug-likeness (QED) is 0.467. The van der Waals surface area contributed by atoms with Gasteiger partial charge in [0.2, 0.25) is 0 Å². The van der Waals surface area contributed by atoms with Crippen LogP contribution in [0, 0.1) is 31.3 Å². The first-order valence-corrected chi connectivity index (χ1v) is 8.74. The van der Waals surface area contributed by atoms with Crippen LogP contribution in [0.15, 0.2) is 42.7 Å². The van der Waals surface area contributed by atoms with E-state index in [2.05, 4.69) is 15.3 Å². The molecule has 0 radical (unpaired) electrons. The molecule has 0 aliphatic heterocycles. The maximum Gasteiger partial charge on any atom is 0.160 e. The fourth-order valence-electron chi connectivity index (χ4n) is 3.15. The highest BCUT2D eigenvalue weighted by molar-refractivity contribution is 6.33. The third-order valence-electron chi connectivity index (χ3n) is 4.64. The van der Waals surface area contributed by atoms with E-state index >= 15 is 0 Å². The van der Waals surface area contributed by atoms with Crippen molar-refractivity contribution in [1.29, 1.82) is 0 Å². The van der Waals surface area contributed by atoms with E-state index in [9.17, 15) is 13.2 Å². The third kappa shape index (κ3) is 2.97. The predicted molar refractivity (Wildman–Crippen MR) is 103 cm³/mol. The van der Waals surface area contributed by atoms with Crippen LogP contribution in [0.1, 0.15) is 11.3 Å². The fourth-order valence-corrected chi connectivity index (χ4v) is 3.37. The molecule has 0 atom stereocenters. The standard InChI is InChI=1S/C20H14ClF3N4/c1-10-11(2)28(13-4-5-15(23)16(24)8-13)20-18(10)19(25-9-26-20)27-17-6-3-12(22)7-14(17)21/h3-9H,1-2H3,(H,25,26,27). The zero-order valence-corrected chi connectivity index (χ0v) is 15.7. The lowest BCUT2D eigenvalue weighted by atomic mass is 10.2. The highest BCUT2D eigenvalue weighted by atomic mass is 35.5. The van der Waals surface area contributed by atoms with Crippen LogP contribution in [0.25, 0.3) is 16.7 Å². The van der Waals surface area contributed by atoms with Crippen molar-refractivity contribution in [3.8, 4) is 5.69 Å². The second-order valence-electron chi connectivity index (χ2n) is 6.31. The number of nitrogens with one attached hydrogen (secondary N) is 1. The first-order valence-electron chi connectivity index (χ1n) is 8.37. The molecule has 142 valence electrons. The summed E-state index contributed by atoms with van der Waals surface area (Å²) in [5.41, 5.74) is 3.12. The van der Waals surface area contributed by atoms with E-state index in [0.717, 1.165) is 23.4 Å². The Morgan fingerprint density at radius 3 is 2.46 bits per heavy atom. The van der Waals surface area contributed by atoms with Crippen LogP contribution < -0.4 is 5.32 Å². The topological polar surface area (TPSA) is 42.7 Å². The van der Waals surface area contributed by atoms with Gasteiger partial charge in [0.05, 0.1) is 21.8 Å². The van der Waals surface area contributed by atoms with Gasteiger partial charge in [-0.05, 0) is 49.7 Å². The van der Waals surface area contributed by atoms with Crippen LogP contribution in [-0.2, 0) is 0 Å². The van der Waals surface area contributed by atoms with Crippen LogP contribution in [0.4, 0.5) is 24.7 Å². The third-order valence-corrected chi connectivity index (χ3v) is 4.95. The van der Waals surface area contributed by atoms with E-state index in [1.807, 2.05) is 13.8 Å². The van der Waals surface area contributed by atoms with Gasteiger partial charge in [-0.1, -0.05) is 11.6 Å². The average Bonchev–Trinajstić information content (AvgIpc) is 2.92. The molecule has 0 unspecified atom stereocenters. The second-order valence-corrected chi connectivity index (χ2v) is 6.72. The Hall–Kier alpha value is -3.06. The predicted octanol–water partition coefficient (Wildman–Crippen LogP) is 5.85. The number of benzene rings is 2. The molecule has 4 rings (SSSR count). The zero-order valence-electron chi connectivity index (χ0n) is 14.9. The highest BCUT2D eigenvalue weighted by Crippen LogP contribution is 2.34. The number of aromatic nitrogens is 3. The molecule has 4 aromatic rings. The molecular formula is C20H14ClF3N4. The van der Waals surface area contributed by atoms with Crippen molar-refractivity contribution in [2.24, 2.45) is 0 Å². The molecule has 0 bridgehead atoms. The summed E-state index contributed by atoms with van der Waals surface area (Å²) >= 11 is 6.11. The summed E-state index contributed by atoms with van der Waals surface area (Å²) in [5.74, 6) is -1.83. The van der Waals surface area contributed by atoms with Crippen molar-refractivity contribution in [3.63, 3.8) is 0 Å². The van der Waals surface area contributed by atoms with E-state index in [-0.39, 0.29) is 5.02 Å².